The molecule has 0 bridgehead atoms. The second kappa shape index (κ2) is 3.86. The lowest BCUT2D eigenvalue weighted by atomic mass is 10.1. The van der Waals surface area contributed by atoms with E-state index in [0.717, 1.165) is 5.75 Å². The third kappa shape index (κ3) is 1.84. The lowest BCUT2D eigenvalue weighted by Crippen LogP contribution is -2.22. The second-order valence-corrected chi connectivity index (χ2v) is 3.88. The molecule has 0 heterocycles. The first kappa shape index (κ1) is 10.5. The minimum Gasteiger partial charge on any atom is -0.497 e. The maximum atomic E-state index is 11.7. The second-order valence-electron chi connectivity index (χ2n) is 3.88. The van der Waals surface area contributed by atoms with E-state index in [9.17, 15) is 4.79 Å². The zero-order valence-corrected chi connectivity index (χ0v) is 8.99. The normalized spacial score (nSPS) is 16.0. The van der Waals surface area contributed by atoms with Gasteiger partial charge in [-0.25, -0.2) is 0 Å². The molecule has 1 aliphatic rings. The number of carbonyl (C=O) groups is 1. The average molecular weight is 216 g/mol. The number of hydrogen-bond donors (Lipinski definition) is 1. The number of nitriles is 1. The molecule has 0 saturated heterocycles. The van der Waals surface area contributed by atoms with Gasteiger partial charge in [0.25, 0.3) is 0 Å². The third-order valence-electron chi connectivity index (χ3n) is 2.75. The molecule has 0 aliphatic heterocycles. The van der Waals surface area contributed by atoms with Crippen LogP contribution in [0.1, 0.15) is 12.8 Å². The van der Waals surface area contributed by atoms with Gasteiger partial charge in [-0.1, -0.05) is 0 Å². The molecule has 1 fully saturated rings. The summed E-state index contributed by atoms with van der Waals surface area (Å²) in [5.41, 5.74) is -0.0905. The number of benzene rings is 1. The van der Waals surface area contributed by atoms with Crippen molar-refractivity contribution in [1.29, 1.82) is 5.26 Å². The lowest BCUT2D eigenvalue weighted by molar-refractivity contribution is -0.119. The van der Waals surface area contributed by atoms with E-state index in [2.05, 4.69) is 11.4 Å². The molecule has 1 saturated carbocycles. The SMILES string of the molecule is COc1ccc(NC(=O)C2(C#N)CC2)cc1. The zero-order valence-electron chi connectivity index (χ0n) is 8.99. The topological polar surface area (TPSA) is 62.1 Å². The molecule has 1 amide bonds. The highest BCUT2D eigenvalue weighted by Crippen LogP contribution is 2.45. The number of carbonyl (C=O) groups excluding carboxylic acids is 1. The van der Waals surface area contributed by atoms with Crippen molar-refractivity contribution >= 4 is 11.6 Å². The summed E-state index contributed by atoms with van der Waals surface area (Å²) >= 11 is 0. The van der Waals surface area contributed by atoms with Gasteiger partial charge in [0.05, 0.1) is 13.2 Å². The van der Waals surface area contributed by atoms with Crippen molar-refractivity contribution in [3.8, 4) is 11.8 Å². The van der Waals surface area contributed by atoms with Crippen LogP contribution in [0.4, 0.5) is 5.69 Å². The lowest BCUT2D eigenvalue weighted by Gasteiger charge is -2.08. The number of nitrogens with one attached hydrogen (secondary N) is 1. The Kier molecular flexibility index (Phi) is 2.53. The van der Waals surface area contributed by atoms with Gasteiger partial charge < -0.3 is 10.1 Å². The third-order valence-corrected chi connectivity index (χ3v) is 2.75. The van der Waals surface area contributed by atoms with Crippen LogP contribution < -0.4 is 10.1 Å². The molecule has 1 aromatic carbocycles. The van der Waals surface area contributed by atoms with Gasteiger partial charge in [0, 0.05) is 5.69 Å². The van der Waals surface area contributed by atoms with E-state index in [1.165, 1.54) is 0 Å². The minimum absolute atomic E-state index is 0.208. The van der Waals surface area contributed by atoms with Crippen molar-refractivity contribution in [2.75, 3.05) is 12.4 Å². The van der Waals surface area contributed by atoms with Crippen LogP contribution in [-0.2, 0) is 4.79 Å². The molecular weight excluding hydrogens is 204 g/mol. The van der Waals surface area contributed by atoms with Crippen LogP contribution in [0.3, 0.4) is 0 Å². The first-order chi connectivity index (χ1) is 7.70. The number of ether oxygens (including phenoxy) is 1. The van der Waals surface area contributed by atoms with E-state index in [0.29, 0.717) is 18.5 Å². The average Bonchev–Trinajstić information content (AvgIpc) is 3.11. The van der Waals surface area contributed by atoms with Crippen LogP contribution in [0.25, 0.3) is 0 Å². The summed E-state index contributed by atoms with van der Waals surface area (Å²) in [5, 5.41) is 11.6. The van der Waals surface area contributed by atoms with Gasteiger partial charge in [0.2, 0.25) is 5.91 Å². The van der Waals surface area contributed by atoms with Crippen molar-refractivity contribution in [3.63, 3.8) is 0 Å². The van der Waals surface area contributed by atoms with Crippen LogP contribution in [0.2, 0.25) is 0 Å². The Morgan fingerprint density at radius 3 is 2.50 bits per heavy atom. The monoisotopic (exact) mass is 216 g/mol. The van der Waals surface area contributed by atoms with E-state index in [1.807, 2.05) is 0 Å². The Hall–Kier alpha value is -2.02. The molecule has 4 nitrogen and oxygen atoms in total. The van der Waals surface area contributed by atoms with Gasteiger partial charge in [-0.05, 0) is 37.1 Å². The summed E-state index contributed by atoms with van der Waals surface area (Å²) < 4.78 is 5.01. The van der Waals surface area contributed by atoms with Gasteiger partial charge in [-0.15, -0.1) is 0 Å². The number of nitrogens with zero attached hydrogens (tertiary/aromatic N) is 1. The molecule has 1 aromatic rings. The Morgan fingerprint density at radius 2 is 2.06 bits per heavy atom. The quantitative estimate of drug-likeness (QED) is 0.839. The van der Waals surface area contributed by atoms with E-state index in [4.69, 9.17) is 10.00 Å². The number of rotatable bonds is 3. The Balaban J connectivity index is 2.04. The summed E-state index contributed by atoms with van der Waals surface area (Å²) in [6.45, 7) is 0. The van der Waals surface area contributed by atoms with Gasteiger partial charge in [0.15, 0.2) is 0 Å². The van der Waals surface area contributed by atoms with E-state index >= 15 is 0 Å². The fraction of sp³-hybridized carbons (Fsp3) is 0.333. The molecule has 0 unspecified atom stereocenters. The highest BCUT2D eigenvalue weighted by atomic mass is 16.5. The predicted molar refractivity (Wildman–Crippen MR) is 58.9 cm³/mol. The van der Waals surface area contributed by atoms with Crippen LogP contribution in [0.5, 0.6) is 5.75 Å². The van der Waals surface area contributed by atoms with E-state index in [-0.39, 0.29) is 5.91 Å². The van der Waals surface area contributed by atoms with Gasteiger partial charge in [-0.2, -0.15) is 5.26 Å². The fourth-order valence-electron chi connectivity index (χ4n) is 1.44. The molecule has 1 aliphatic carbocycles. The Labute approximate surface area is 93.8 Å². The molecule has 1 N–H and O–H groups in total. The summed E-state index contributed by atoms with van der Waals surface area (Å²) in [7, 11) is 1.59. The summed E-state index contributed by atoms with van der Waals surface area (Å²) in [6, 6.07) is 9.10. The Bertz CT molecular complexity index is 441. The van der Waals surface area contributed by atoms with Crippen LogP contribution in [-0.4, -0.2) is 13.0 Å². The van der Waals surface area contributed by atoms with E-state index < -0.39 is 5.41 Å². The summed E-state index contributed by atoms with van der Waals surface area (Å²) in [4.78, 5) is 11.7. The number of methoxy groups -OCH3 is 1. The maximum Gasteiger partial charge on any atom is 0.244 e. The van der Waals surface area contributed by atoms with Crippen molar-refractivity contribution in [2.24, 2.45) is 5.41 Å². The van der Waals surface area contributed by atoms with Crippen molar-refractivity contribution < 1.29 is 9.53 Å². The zero-order chi connectivity index (χ0) is 11.6. The molecule has 0 aromatic heterocycles. The van der Waals surface area contributed by atoms with Crippen LogP contribution in [0.15, 0.2) is 24.3 Å². The van der Waals surface area contributed by atoms with Gasteiger partial charge in [-0.3, -0.25) is 4.79 Å². The number of hydrogen-bond acceptors (Lipinski definition) is 3. The number of anilines is 1. The molecule has 2 rings (SSSR count). The van der Waals surface area contributed by atoms with Gasteiger partial charge >= 0.3 is 0 Å². The van der Waals surface area contributed by atoms with Crippen LogP contribution >= 0.6 is 0 Å². The van der Waals surface area contributed by atoms with E-state index in [1.54, 1.807) is 31.4 Å². The standard InChI is InChI=1S/C12H12N2O2/c1-16-10-4-2-9(3-5-10)14-11(15)12(8-13)6-7-12/h2-5H,6-7H2,1H3,(H,14,15). The number of amides is 1. The first-order valence-electron chi connectivity index (χ1n) is 5.07. The van der Waals surface area contributed by atoms with Crippen molar-refractivity contribution in [3.05, 3.63) is 24.3 Å². The first-order valence-corrected chi connectivity index (χ1v) is 5.07. The summed E-state index contributed by atoms with van der Waals surface area (Å²) in [6.07, 6.45) is 1.32. The molecule has 0 atom stereocenters. The summed E-state index contributed by atoms with van der Waals surface area (Å²) in [5.74, 6) is 0.527. The predicted octanol–water partition coefficient (Wildman–Crippen LogP) is 1.94. The fourth-order valence-corrected chi connectivity index (χ4v) is 1.44. The molecule has 16 heavy (non-hydrogen) atoms. The van der Waals surface area contributed by atoms with Crippen molar-refractivity contribution in [1.82, 2.24) is 0 Å². The smallest absolute Gasteiger partial charge is 0.244 e. The molecular formula is C12H12N2O2. The van der Waals surface area contributed by atoms with Crippen LogP contribution in [0, 0.1) is 16.7 Å². The maximum absolute atomic E-state index is 11.7. The van der Waals surface area contributed by atoms with Crippen molar-refractivity contribution in [2.45, 2.75) is 12.8 Å². The largest absolute Gasteiger partial charge is 0.497 e. The Morgan fingerprint density at radius 1 is 1.44 bits per heavy atom. The highest BCUT2D eigenvalue weighted by molar-refractivity contribution is 5.99. The molecule has 4 heteroatoms. The molecule has 0 radical (unpaired) electrons. The highest BCUT2D eigenvalue weighted by Gasteiger charge is 2.50. The van der Waals surface area contributed by atoms with Gasteiger partial charge in [0.1, 0.15) is 11.2 Å². The molecule has 0 spiro atoms. The minimum atomic E-state index is -0.778. The molecule has 82 valence electrons.